The molecular weight excluding hydrogens is 232 g/mol. The van der Waals surface area contributed by atoms with Crippen LogP contribution in [0.25, 0.3) is 5.78 Å². The average molecular weight is 239 g/mol. The van der Waals surface area contributed by atoms with Gasteiger partial charge in [0, 0.05) is 12.6 Å². The highest BCUT2D eigenvalue weighted by atomic mass is 32.1. The van der Waals surface area contributed by atoms with E-state index in [1.54, 1.807) is 0 Å². The maximum atomic E-state index is 10.8. The Balaban J connectivity index is 2.60. The molecule has 0 aromatic carbocycles. The summed E-state index contributed by atoms with van der Waals surface area (Å²) >= 11 is 4.94. The van der Waals surface area contributed by atoms with E-state index in [1.165, 1.54) is 4.52 Å². The summed E-state index contributed by atoms with van der Waals surface area (Å²) in [4.78, 5) is 18.6. The largest absolute Gasteiger partial charge is 0.478 e. The molecule has 0 bridgehead atoms. The Kier molecular flexibility index (Phi) is 2.67. The molecule has 2 N–H and O–H groups in total. The van der Waals surface area contributed by atoms with E-state index >= 15 is 0 Å². The SMILES string of the molecule is O=C(O)c1cnc2nc(CCO)nn2c1[S]. The lowest BCUT2D eigenvalue weighted by Gasteiger charge is -1.98. The summed E-state index contributed by atoms with van der Waals surface area (Å²) in [7, 11) is 0. The molecule has 8 heteroatoms. The average Bonchev–Trinajstić information content (AvgIpc) is 2.62. The van der Waals surface area contributed by atoms with Crippen molar-refractivity contribution >= 4 is 24.4 Å². The Morgan fingerprint density at radius 1 is 1.56 bits per heavy atom. The smallest absolute Gasteiger partial charge is 0.340 e. The number of aliphatic hydroxyl groups is 1. The monoisotopic (exact) mass is 239 g/mol. The standard InChI is InChI=1S/C8H7N4O3S/c13-2-1-5-10-8-9-3-4(7(14)15)6(16)12(8)11-5/h3,13H,1-2H2,(H,14,15). The minimum Gasteiger partial charge on any atom is -0.478 e. The molecule has 0 saturated heterocycles. The number of aromatic carboxylic acids is 1. The highest BCUT2D eigenvalue weighted by Crippen LogP contribution is 2.13. The van der Waals surface area contributed by atoms with Crippen molar-refractivity contribution in [1.82, 2.24) is 19.6 Å². The molecule has 2 heterocycles. The Bertz CT molecular complexity index is 553. The molecule has 0 saturated carbocycles. The summed E-state index contributed by atoms with van der Waals surface area (Å²) in [5, 5.41) is 21.6. The number of hydrogen-bond acceptors (Lipinski definition) is 5. The normalized spacial score (nSPS) is 10.8. The van der Waals surface area contributed by atoms with Crippen LogP contribution in [0.2, 0.25) is 0 Å². The van der Waals surface area contributed by atoms with Gasteiger partial charge in [-0.05, 0) is 0 Å². The Morgan fingerprint density at radius 2 is 2.31 bits per heavy atom. The lowest BCUT2D eigenvalue weighted by Crippen LogP contribution is -2.05. The Labute approximate surface area is 95.2 Å². The van der Waals surface area contributed by atoms with Gasteiger partial charge in [0.2, 0.25) is 0 Å². The number of carboxylic acid groups (broad SMARTS) is 1. The van der Waals surface area contributed by atoms with Crippen LogP contribution in [0.3, 0.4) is 0 Å². The van der Waals surface area contributed by atoms with E-state index in [0.717, 1.165) is 6.20 Å². The Hall–Kier alpha value is -1.80. The third-order valence-corrected chi connectivity index (χ3v) is 2.32. The molecule has 0 atom stereocenters. The predicted octanol–water partition coefficient (Wildman–Crippen LogP) is -0.0863. The van der Waals surface area contributed by atoms with Crippen molar-refractivity contribution in [1.29, 1.82) is 0 Å². The van der Waals surface area contributed by atoms with E-state index in [-0.39, 0.29) is 29.4 Å². The van der Waals surface area contributed by atoms with E-state index in [0.29, 0.717) is 5.82 Å². The fourth-order valence-electron chi connectivity index (χ4n) is 1.21. The second-order valence-corrected chi connectivity index (χ2v) is 3.38. The van der Waals surface area contributed by atoms with E-state index in [2.05, 4.69) is 15.1 Å². The quantitative estimate of drug-likeness (QED) is 0.726. The summed E-state index contributed by atoms with van der Waals surface area (Å²) < 4.78 is 1.18. The first kappa shape index (κ1) is 10.7. The first-order chi connectivity index (χ1) is 7.63. The van der Waals surface area contributed by atoms with Gasteiger partial charge in [-0.25, -0.2) is 9.78 Å². The zero-order valence-electron chi connectivity index (χ0n) is 7.99. The fraction of sp³-hybridized carbons (Fsp3) is 0.250. The number of fused-ring (bicyclic) bond motifs is 1. The van der Waals surface area contributed by atoms with Crippen LogP contribution < -0.4 is 0 Å². The number of nitrogens with zero attached hydrogens (tertiary/aromatic N) is 4. The highest BCUT2D eigenvalue weighted by Gasteiger charge is 2.15. The van der Waals surface area contributed by atoms with Gasteiger partial charge in [-0.3, -0.25) is 0 Å². The van der Waals surface area contributed by atoms with Crippen LogP contribution in [0.4, 0.5) is 0 Å². The van der Waals surface area contributed by atoms with Crippen molar-refractivity contribution < 1.29 is 15.0 Å². The molecule has 7 nitrogen and oxygen atoms in total. The van der Waals surface area contributed by atoms with Gasteiger partial charge in [-0.1, -0.05) is 12.6 Å². The van der Waals surface area contributed by atoms with Crippen molar-refractivity contribution in [2.75, 3.05) is 6.61 Å². The topological polar surface area (TPSA) is 101 Å². The molecule has 0 unspecified atom stereocenters. The van der Waals surface area contributed by atoms with Gasteiger partial charge in [0.1, 0.15) is 10.6 Å². The highest BCUT2D eigenvalue weighted by molar-refractivity contribution is 7.80. The molecule has 2 aromatic rings. The van der Waals surface area contributed by atoms with Crippen LogP contribution in [0, 0.1) is 0 Å². The summed E-state index contributed by atoms with van der Waals surface area (Å²) in [6.45, 7) is -0.0879. The van der Waals surface area contributed by atoms with Crippen molar-refractivity contribution in [3.05, 3.63) is 17.6 Å². The van der Waals surface area contributed by atoms with Crippen LogP contribution in [-0.2, 0) is 6.42 Å². The van der Waals surface area contributed by atoms with Crippen LogP contribution in [0.15, 0.2) is 11.2 Å². The van der Waals surface area contributed by atoms with Gasteiger partial charge in [0.25, 0.3) is 5.78 Å². The van der Waals surface area contributed by atoms with Gasteiger partial charge in [-0.2, -0.15) is 9.50 Å². The second kappa shape index (κ2) is 3.99. The number of hydrogen-bond donors (Lipinski definition) is 2. The van der Waals surface area contributed by atoms with Crippen molar-refractivity contribution in [2.45, 2.75) is 11.4 Å². The Morgan fingerprint density at radius 3 is 2.94 bits per heavy atom. The molecule has 0 aliphatic heterocycles. The third-order valence-electron chi connectivity index (χ3n) is 1.93. The van der Waals surface area contributed by atoms with Gasteiger partial charge < -0.3 is 10.2 Å². The molecule has 0 spiro atoms. The minimum atomic E-state index is -1.15. The molecule has 0 aliphatic rings. The minimum absolute atomic E-state index is 0.0502. The molecule has 83 valence electrons. The molecule has 2 rings (SSSR count). The number of aliphatic hydroxyl groups excluding tert-OH is 1. The summed E-state index contributed by atoms with van der Waals surface area (Å²) in [6, 6.07) is 0. The van der Waals surface area contributed by atoms with Crippen molar-refractivity contribution in [3.63, 3.8) is 0 Å². The zero-order valence-corrected chi connectivity index (χ0v) is 8.81. The van der Waals surface area contributed by atoms with Crippen LogP contribution in [0.5, 0.6) is 0 Å². The molecule has 16 heavy (non-hydrogen) atoms. The zero-order chi connectivity index (χ0) is 11.7. The van der Waals surface area contributed by atoms with E-state index in [1.807, 2.05) is 0 Å². The van der Waals surface area contributed by atoms with E-state index in [9.17, 15) is 4.79 Å². The number of aromatic nitrogens is 4. The first-order valence-corrected chi connectivity index (χ1v) is 4.80. The molecule has 1 radical (unpaired) electrons. The number of carboxylic acids is 1. The lowest BCUT2D eigenvalue weighted by atomic mass is 10.3. The maximum Gasteiger partial charge on any atom is 0.340 e. The first-order valence-electron chi connectivity index (χ1n) is 4.39. The van der Waals surface area contributed by atoms with Crippen molar-refractivity contribution in [2.24, 2.45) is 0 Å². The van der Waals surface area contributed by atoms with Crippen LogP contribution in [-0.4, -0.2) is 42.4 Å². The van der Waals surface area contributed by atoms with E-state index in [4.69, 9.17) is 22.8 Å². The van der Waals surface area contributed by atoms with Crippen molar-refractivity contribution in [3.8, 4) is 0 Å². The summed E-state index contributed by atoms with van der Waals surface area (Å²) in [5.74, 6) is -0.541. The number of rotatable bonds is 3. The molecule has 0 fully saturated rings. The van der Waals surface area contributed by atoms with E-state index < -0.39 is 5.97 Å². The fourth-order valence-corrected chi connectivity index (χ4v) is 1.47. The predicted molar refractivity (Wildman–Crippen MR) is 54.4 cm³/mol. The van der Waals surface area contributed by atoms with Crippen LogP contribution in [0.1, 0.15) is 16.2 Å². The molecule has 0 amide bonds. The summed E-state index contributed by atoms with van der Waals surface area (Å²) in [5.41, 5.74) is -0.0945. The van der Waals surface area contributed by atoms with Gasteiger partial charge >= 0.3 is 5.97 Å². The van der Waals surface area contributed by atoms with Gasteiger partial charge in [-0.15, -0.1) is 5.10 Å². The summed E-state index contributed by atoms with van der Waals surface area (Å²) in [6.07, 6.45) is 1.43. The lowest BCUT2D eigenvalue weighted by molar-refractivity contribution is 0.0691. The second-order valence-electron chi connectivity index (χ2n) is 3.00. The third kappa shape index (κ3) is 1.68. The number of carbonyl (C=O) groups is 1. The maximum absolute atomic E-state index is 10.8. The molecule has 2 aromatic heterocycles. The van der Waals surface area contributed by atoms with Crippen LogP contribution >= 0.6 is 12.6 Å². The molecular formula is C8H7N4O3S. The van der Waals surface area contributed by atoms with Gasteiger partial charge in [0.15, 0.2) is 5.82 Å². The molecule has 0 aliphatic carbocycles. The van der Waals surface area contributed by atoms with Gasteiger partial charge in [0.05, 0.1) is 6.61 Å².